The average Bonchev–Trinajstić information content (AvgIpc) is 1.000. The number of carboxylic acids is 2. The average molecular weight is 1410 g/mol. The van der Waals surface area contributed by atoms with Gasteiger partial charge in [0.15, 0.2) is 16.9 Å². The summed E-state index contributed by atoms with van der Waals surface area (Å²) in [6, 6.07) is 21.9. The maximum atomic E-state index is 14.4. The van der Waals surface area contributed by atoms with E-state index in [-0.39, 0.29) is 71.3 Å². The first-order valence-electron chi connectivity index (χ1n) is 33.5. The van der Waals surface area contributed by atoms with Gasteiger partial charge in [-0.1, -0.05) is 61.6 Å². The predicted molar refractivity (Wildman–Crippen MR) is 363 cm³/mol. The molecular weight excluding hydrogens is 1330 g/mol. The van der Waals surface area contributed by atoms with Crippen LogP contribution in [0.4, 0.5) is 9.93 Å². The van der Waals surface area contributed by atoms with Gasteiger partial charge in [-0.25, -0.2) is 37.1 Å². The molecule has 100 heavy (non-hydrogen) atoms. The highest BCUT2D eigenvalue weighted by atomic mass is 32.2. The van der Waals surface area contributed by atoms with E-state index in [4.69, 9.17) is 29.0 Å². The second-order valence-corrected chi connectivity index (χ2v) is 31.9. The number of aromatic carboxylic acids is 1. The maximum absolute atomic E-state index is 14.4. The number of aromatic nitrogens is 4. The van der Waals surface area contributed by atoms with Crippen molar-refractivity contribution in [1.82, 2.24) is 39.2 Å². The van der Waals surface area contributed by atoms with Gasteiger partial charge < -0.3 is 54.7 Å². The summed E-state index contributed by atoms with van der Waals surface area (Å²) in [7, 11) is -1.06. The van der Waals surface area contributed by atoms with E-state index in [1.54, 1.807) is 24.4 Å². The molecule has 0 spiro atoms. The summed E-state index contributed by atoms with van der Waals surface area (Å²) in [5.74, 6) is -5.43. The Balaban J connectivity index is 0.721. The Morgan fingerprint density at radius 3 is 2.31 bits per heavy atom. The minimum absolute atomic E-state index is 0.0119. The van der Waals surface area contributed by atoms with E-state index in [0.717, 1.165) is 80.5 Å². The van der Waals surface area contributed by atoms with Gasteiger partial charge in [-0.15, -0.1) is 0 Å². The lowest BCUT2D eigenvalue weighted by molar-refractivity contribution is -0.271. The van der Waals surface area contributed by atoms with Gasteiger partial charge in [0.2, 0.25) is 22.2 Å². The molecule has 532 valence electrons. The van der Waals surface area contributed by atoms with Crippen LogP contribution in [0.15, 0.2) is 91.1 Å². The largest absolute Gasteiger partial charge is 0.479 e. The normalized spacial score (nSPS) is 26.1. The highest BCUT2D eigenvalue weighted by Crippen LogP contribution is 2.72. The number of hydrogen-bond donors (Lipinski definition) is 7. The first-order valence-corrected chi connectivity index (χ1v) is 36.0. The Labute approximate surface area is 581 Å². The van der Waals surface area contributed by atoms with E-state index in [1.165, 1.54) is 30.3 Å². The summed E-state index contributed by atoms with van der Waals surface area (Å²) in [6.07, 6.45) is 1.32. The zero-order valence-corrected chi connectivity index (χ0v) is 57.9. The van der Waals surface area contributed by atoms with Crippen molar-refractivity contribution in [2.45, 2.75) is 153 Å². The number of fused-ring (bicyclic) bond motifs is 2. The summed E-state index contributed by atoms with van der Waals surface area (Å²) in [4.78, 5) is 101. The number of aliphatic hydroxyl groups is 3. The van der Waals surface area contributed by atoms with Crippen LogP contribution in [0.25, 0.3) is 21.3 Å². The molecule has 5 heterocycles. The number of imide groups is 1. The molecule has 5 aliphatic carbocycles. The van der Waals surface area contributed by atoms with Crippen molar-refractivity contribution >= 4 is 78.4 Å². The number of carbonyl (C=O) groups excluding carboxylic acids is 5. The lowest BCUT2D eigenvalue weighted by Gasteiger charge is -2.69. The minimum atomic E-state index is -3.84. The number of unbranched alkanes of at least 4 members (excludes halogenated alkanes) is 1. The first kappa shape index (κ1) is 71.3. The van der Waals surface area contributed by atoms with Crippen LogP contribution in [0.5, 0.6) is 5.75 Å². The quantitative estimate of drug-likeness (QED) is 0.0217. The number of para-hydroxylation sites is 1. The number of aryl methyl sites for hydroxylation is 2. The highest BCUT2D eigenvalue weighted by molar-refractivity contribution is 7.89. The number of nitrogens with zero attached hydrogens (tertiary/aromatic N) is 7. The molecule has 0 radical (unpaired) electrons. The molecule has 4 saturated carbocycles. The molecule has 6 aromatic rings. The third-order valence-corrected chi connectivity index (χ3v) is 23.2. The number of carbonyl (C=O) groups is 7. The van der Waals surface area contributed by atoms with Crippen LogP contribution in [-0.2, 0) is 75.8 Å². The predicted octanol–water partition coefficient (Wildman–Crippen LogP) is 6.39. The van der Waals surface area contributed by atoms with E-state index in [0.29, 0.717) is 84.6 Å². The maximum Gasteiger partial charge on any atom is 0.410 e. The van der Waals surface area contributed by atoms with Crippen LogP contribution in [0.3, 0.4) is 0 Å². The monoisotopic (exact) mass is 1410 g/mol. The zero-order valence-electron chi connectivity index (χ0n) is 56.3. The van der Waals surface area contributed by atoms with Crippen molar-refractivity contribution in [3.63, 3.8) is 0 Å². The molecule has 7 aliphatic rings. The summed E-state index contributed by atoms with van der Waals surface area (Å²) in [5, 5.41) is 63.8. The zero-order chi connectivity index (χ0) is 71.2. The molecule has 27 nitrogen and oxygen atoms in total. The van der Waals surface area contributed by atoms with Gasteiger partial charge in [0.25, 0.3) is 17.7 Å². The molecule has 2 aliphatic heterocycles. The number of pyridine rings is 1. The topological polar surface area (TPSA) is 369 Å². The Morgan fingerprint density at radius 2 is 1.59 bits per heavy atom. The van der Waals surface area contributed by atoms with E-state index in [9.17, 15) is 67.5 Å². The molecule has 5 fully saturated rings. The van der Waals surface area contributed by atoms with Crippen molar-refractivity contribution in [2.24, 2.45) is 16.2 Å². The van der Waals surface area contributed by atoms with Crippen molar-refractivity contribution in [3.05, 3.63) is 136 Å². The van der Waals surface area contributed by atoms with Gasteiger partial charge in [-0.05, 0) is 153 Å². The SMILES string of the molecule is Cc1c(-c2ccc(C3CCc4cccc(C(=O)Nc5nc6ccccc6s5)c4C3)nc2C(=O)O)cnn1CC12CC3(C)CC(C)(C1)CC(OCCN(CCS(=O)(=O)N(C)C)C(=O)OCc1ccc(CCCCNC(=O)CN4C(=O)C=CC4=O)cc1O[C@@H]1O[C@H](C(=O)O)[C@@H](O)[C@H](O)[C@H]1O)(C3)C2. The second-order valence-electron chi connectivity index (χ2n) is 28.6. The second kappa shape index (κ2) is 28.5. The Kier molecular flexibility index (Phi) is 20.3. The number of ether oxygens (including phenoxy) is 4. The standard InChI is InChI=1S/C71H83N9O18S2/c1-41-49(46-20-21-50(74-57(46)63(88)89)44-19-18-43-12-10-13-47(48(43)30-44)62(87)76-66-75-51-14-6-7-15-53(51)99-66)31-73-80(41)40-70-35-68(2)34-69(3,36-70)38-71(37-68,39-70)96-27-25-78(26-28-100(93,94)77(4)5)67(92)95-33-45-17-16-42(11-8-9-24-72-54(81)32-79-55(82)22-23-56(79)83)29-52(45)97-65-60(86)58(84)59(85)61(98-65)64(90)91/h6-7,10,12-17,20-23,29,31,44,58-61,65,84-86H,8-9,11,18-19,24-28,30,32-40H2,1-5H3,(H,72,81)(H,88,89)(H,90,91)(H,75,76,87)/t44?,58-,59-,60+,61-,65+,68?,69?,70?,71?/m0/s1. The third-order valence-electron chi connectivity index (χ3n) is 20.5. The number of anilines is 1. The first-order chi connectivity index (χ1) is 47.5. The molecule has 29 heteroatoms. The summed E-state index contributed by atoms with van der Waals surface area (Å²) in [5.41, 5.74) is 5.31. The summed E-state index contributed by atoms with van der Waals surface area (Å²) in [6.45, 7) is 5.99. The van der Waals surface area contributed by atoms with Gasteiger partial charge in [0, 0.05) is 92.0 Å². The Morgan fingerprint density at radius 1 is 0.840 bits per heavy atom. The number of thiazole rings is 1. The highest BCUT2D eigenvalue weighted by Gasteiger charge is 2.66. The number of benzene rings is 3. The molecule has 3 aromatic heterocycles. The molecule has 4 bridgehead atoms. The summed E-state index contributed by atoms with van der Waals surface area (Å²) >= 11 is 1.40. The van der Waals surface area contributed by atoms with Crippen LogP contribution < -0.4 is 15.4 Å². The minimum Gasteiger partial charge on any atom is -0.479 e. The van der Waals surface area contributed by atoms with Crippen molar-refractivity contribution in [3.8, 4) is 16.9 Å². The van der Waals surface area contributed by atoms with Crippen LogP contribution in [0, 0.1) is 23.2 Å². The molecule has 3 aromatic carbocycles. The van der Waals surface area contributed by atoms with E-state index in [1.807, 2.05) is 66.2 Å². The number of sulfonamides is 1. The van der Waals surface area contributed by atoms with Crippen LogP contribution in [0.1, 0.15) is 132 Å². The van der Waals surface area contributed by atoms with Crippen LogP contribution in [-0.4, -0.2) is 198 Å². The smallest absolute Gasteiger partial charge is 0.410 e. The Bertz CT molecular complexity index is 4270. The number of aliphatic carboxylic acids is 1. The fourth-order valence-electron chi connectivity index (χ4n) is 16.8. The molecule has 13 rings (SSSR count). The number of hydrogen-bond acceptors (Lipinski definition) is 20. The number of amides is 5. The molecule has 3 unspecified atom stereocenters. The van der Waals surface area contributed by atoms with Gasteiger partial charge in [0.05, 0.1) is 34.4 Å². The van der Waals surface area contributed by atoms with Gasteiger partial charge in [-0.3, -0.25) is 34.1 Å². The van der Waals surface area contributed by atoms with Crippen molar-refractivity contribution < 1.29 is 86.5 Å². The number of aliphatic hydroxyl groups excluding tert-OH is 3. The van der Waals surface area contributed by atoms with Gasteiger partial charge in [0.1, 0.15) is 37.2 Å². The molecule has 5 amide bonds. The number of carboxylic acid groups (broad SMARTS) is 2. The number of rotatable bonds is 27. The van der Waals surface area contributed by atoms with E-state index >= 15 is 0 Å². The third kappa shape index (κ3) is 15.2. The van der Waals surface area contributed by atoms with Gasteiger partial charge >= 0.3 is 18.0 Å². The molecule has 8 atom stereocenters. The number of nitrogens with one attached hydrogen (secondary N) is 2. The fourth-order valence-corrected chi connectivity index (χ4v) is 18.5. The lowest BCUT2D eigenvalue weighted by atomic mass is 9.39. The van der Waals surface area contributed by atoms with E-state index in [2.05, 4.69) is 29.5 Å². The van der Waals surface area contributed by atoms with Crippen LogP contribution in [0.2, 0.25) is 0 Å². The van der Waals surface area contributed by atoms with Crippen LogP contribution >= 0.6 is 11.3 Å². The molecule has 7 N–H and O–H groups in total. The molecule has 1 saturated heterocycles. The Hall–Kier alpha value is -8.55. The van der Waals surface area contributed by atoms with E-state index < -0.39 is 101 Å². The molecular formula is C71H83N9O18S2. The fraction of sp³-hybridized carbons (Fsp3) is 0.493. The van der Waals surface area contributed by atoms with Crippen molar-refractivity contribution in [2.75, 3.05) is 58.0 Å². The summed E-state index contributed by atoms with van der Waals surface area (Å²) < 4.78 is 55.0. The van der Waals surface area contributed by atoms with Crippen molar-refractivity contribution in [1.29, 1.82) is 0 Å². The van der Waals surface area contributed by atoms with Gasteiger partial charge in [-0.2, -0.15) is 5.10 Å². The lowest BCUT2D eigenvalue weighted by Crippen LogP contribution is -2.64.